The number of benzene rings is 2. The van der Waals surface area contributed by atoms with E-state index in [4.69, 9.17) is 9.47 Å². The standard InChI is InChI=1S/C20H19FN2O5S2/c1-27-14-9-10-18(28-2)16(12-14)22-19(24)13-23(17-7-4-3-6-15(17)21)30(25,26)20-8-5-11-29-20/h3-12H,13H2,1-2H3,(H,22,24). The van der Waals surface area contributed by atoms with Crippen molar-refractivity contribution in [2.45, 2.75) is 4.21 Å². The molecule has 10 heteroatoms. The maximum absolute atomic E-state index is 14.4. The Kier molecular flexibility index (Phi) is 6.58. The molecule has 0 saturated carbocycles. The topological polar surface area (TPSA) is 84.9 Å². The number of halogens is 1. The molecule has 158 valence electrons. The number of amides is 1. The number of rotatable bonds is 8. The summed E-state index contributed by atoms with van der Waals surface area (Å²) in [5.74, 6) is -0.597. The first-order valence-corrected chi connectivity index (χ1v) is 11.0. The van der Waals surface area contributed by atoms with Crippen molar-refractivity contribution in [1.82, 2.24) is 0 Å². The van der Waals surface area contributed by atoms with Gasteiger partial charge < -0.3 is 14.8 Å². The highest BCUT2D eigenvalue weighted by molar-refractivity contribution is 7.94. The Balaban J connectivity index is 1.95. The van der Waals surface area contributed by atoms with Crippen molar-refractivity contribution in [2.75, 3.05) is 30.4 Å². The number of hydrogen-bond acceptors (Lipinski definition) is 6. The predicted molar refractivity (Wildman–Crippen MR) is 113 cm³/mol. The Morgan fingerprint density at radius 3 is 2.50 bits per heavy atom. The zero-order chi connectivity index (χ0) is 21.7. The second kappa shape index (κ2) is 9.14. The van der Waals surface area contributed by atoms with E-state index in [1.165, 1.54) is 44.6 Å². The number of carbonyl (C=O) groups is 1. The third-order valence-electron chi connectivity index (χ3n) is 4.13. The SMILES string of the molecule is COc1ccc(OC)c(NC(=O)CN(c2ccccc2F)S(=O)(=O)c2cccs2)c1. The van der Waals surface area contributed by atoms with Gasteiger partial charge in [0.25, 0.3) is 10.0 Å². The highest BCUT2D eigenvalue weighted by atomic mass is 32.2. The summed E-state index contributed by atoms with van der Waals surface area (Å²) in [5.41, 5.74) is 0.0718. The third-order valence-corrected chi connectivity index (χ3v) is 7.26. The van der Waals surface area contributed by atoms with Crippen LogP contribution in [-0.4, -0.2) is 35.1 Å². The number of carbonyl (C=O) groups excluding carboxylic acids is 1. The summed E-state index contributed by atoms with van der Waals surface area (Å²) >= 11 is 0.980. The van der Waals surface area contributed by atoms with Crippen LogP contribution in [0.25, 0.3) is 0 Å². The predicted octanol–water partition coefficient (Wildman–Crippen LogP) is 3.74. The van der Waals surface area contributed by atoms with Gasteiger partial charge in [-0.15, -0.1) is 11.3 Å². The molecule has 3 rings (SSSR count). The summed E-state index contributed by atoms with van der Waals surface area (Å²) < 4.78 is 51.7. The van der Waals surface area contributed by atoms with E-state index in [-0.39, 0.29) is 9.90 Å². The Labute approximate surface area is 177 Å². The number of nitrogens with zero attached hydrogens (tertiary/aromatic N) is 1. The molecule has 30 heavy (non-hydrogen) atoms. The molecule has 3 aromatic rings. The highest BCUT2D eigenvalue weighted by Crippen LogP contribution is 2.31. The number of nitrogens with one attached hydrogen (secondary N) is 1. The minimum absolute atomic E-state index is 0.00230. The number of ether oxygens (including phenoxy) is 2. The molecular formula is C20H19FN2O5S2. The number of thiophene rings is 1. The maximum Gasteiger partial charge on any atom is 0.274 e. The fourth-order valence-corrected chi connectivity index (χ4v) is 5.24. The molecule has 0 radical (unpaired) electrons. The lowest BCUT2D eigenvalue weighted by atomic mass is 10.2. The summed E-state index contributed by atoms with van der Waals surface area (Å²) in [4.78, 5) is 12.8. The highest BCUT2D eigenvalue weighted by Gasteiger charge is 2.30. The average Bonchev–Trinajstić information content (AvgIpc) is 3.28. The first kappa shape index (κ1) is 21.6. The molecule has 0 atom stereocenters. The fourth-order valence-electron chi connectivity index (χ4n) is 2.70. The third kappa shape index (κ3) is 4.55. The number of methoxy groups -OCH3 is 2. The molecule has 0 fully saturated rings. The Bertz CT molecular complexity index is 1130. The van der Waals surface area contributed by atoms with Crippen LogP contribution in [0.5, 0.6) is 11.5 Å². The van der Waals surface area contributed by atoms with Gasteiger partial charge in [0.05, 0.1) is 25.6 Å². The lowest BCUT2D eigenvalue weighted by Gasteiger charge is -2.24. The van der Waals surface area contributed by atoms with E-state index in [1.807, 2.05) is 0 Å². The van der Waals surface area contributed by atoms with Crippen LogP contribution in [0.3, 0.4) is 0 Å². The first-order valence-electron chi connectivity index (χ1n) is 8.69. The lowest BCUT2D eigenvalue weighted by Crippen LogP contribution is -2.38. The molecule has 1 heterocycles. The minimum atomic E-state index is -4.15. The minimum Gasteiger partial charge on any atom is -0.497 e. The molecule has 1 amide bonds. The summed E-state index contributed by atoms with van der Waals surface area (Å²) in [6, 6.07) is 13.1. The molecule has 1 aromatic heterocycles. The van der Waals surface area contributed by atoms with Crippen molar-refractivity contribution >= 4 is 38.6 Å². The Morgan fingerprint density at radius 2 is 1.87 bits per heavy atom. The monoisotopic (exact) mass is 450 g/mol. The van der Waals surface area contributed by atoms with E-state index in [0.29, 0.717) is 17.2 Å². The molecule has 0 bridgehead atoms. The van der Waals surface area contributed by atoms with Crippen molar-refractivity contribution in [1.29, 1.82) is 0 Å². The summed E-state index contributed by atoms with van der Waals surface area (Å²) in [6.45, 7) is -0.637. The Morgan fingerprint density at radius 1 is 1.10 bits per heavy atom. The van der Waals surface area contributed by atoms with Crippen molar-refractivity contribution < 1.29 is 27.1 Å². The maximum atomic E-state index is 14.4. The van der Waals surface area contributed by atoms with Crippen LogP contribution in [0.1, 0.15) is 0 Å². The number of sulfonamides is 1. The second-order valence-corrected chi connectivity index (χ2v) is 9.05. The molecule has 1 N–H and O–H groups in total. The van der Waals surface area contributed by atoms with Gasteiger partial charge in [-0.3, -0.25) is 9.10 Å². The van der Waals surface area contributed by atoms with E-state index in [9.17, 15) is 17.6 Å². The first-order chi connectivity index (χ1) is 14.4. The van der Waals surface area contributed by atoms with Gasteiger partial charge in [0.2, 0.25) is 5.91 Å². The van der Waals surface area contributed by atoms with Gasteiger partial charge in [0, 0.05) is 6.07 Å². The zero-order valence-corrected chi connectivity index (χ0v) is 17.8. The lowest BCUT2D eigenvalue weighted by molar-refractivity contribution is -0.114. The fraction of sp³-hybridized carbons (Fsp3) is 0.150. The largest absolute Gasteiger partial charge is 0.497 e. The average molecular weight is 451 g/mol. The van der Waals surface area contributed by atoms with Gasteiger partial charge in [-0.25, -0.2) is 12.8 Å². The molecule has 0 unspecified atom stereocenters. The number of para-hydroxylation sites is 1. The van der Waals surface area contributed by atoms with E-state index < -0.39 is 28.3 Å². The van der Waals surface area contributed by atoms with Gasteiger partial charge in [-0.1, -0.05) is 18.2 Å². The van der Waals surface area contributed by atoms with Crippen LogP contribution in [0.2, 0.25) is 0 Å². The number of hydrogen-bond donors (Lipinski definition) is 1. The van der Waals surface area contributed by atoms with Crippen LogP contribution in [-0.2, 0) is 14.8 Å². The van der Waals surface area contributed by atoms with Crippen LogP contribution in [0.4, 0.5) is 15.8 Å². The van der Waals surface area contributed by atoms with Gasteiger partial charge in [-0.2, -0.15) is 0 Å². The van der Waals surface area contributed by atoms with Crippen molar-refractivity contribution in [2.24, 2.45) is 0 Å². The van der Waals surface area contributed by atoms with Crippen LogP contribution < -0.4 is 19.1 Å². The van der Waals surface area contributed by atoms with Crippen LogP contribution in [0, 0.1) is 5.82 Å². The summed E-state index contributed by atoms with van der Waals surface area (Å²) in [5, 5.41) is 4.20. The van der Waals surface area contributed by atoms with E-state index >= 15 is 0 Å². The second-order valence-electron chi connectivity index (χ2n) is 6.01. The van der Waals surface area contributed by atoms with Gasteiger partial charge in [0.1, 0.15) is 28.1 Å². The number of anilines is 2. The van der Waals surface area contributed by atoms with Crippen molar-refractivity contribution in [3.63, 3.8) is 0 Å². The van der Waals surface area contributed by atoms with E-state index in [1.54, 1.807) is 23.6 Å². The molecule has 0 aliphatic heterocycles. The quantitative estimate of drug-likeness (QED) is 0.565. The molecular weight excluding hydrogens is 431 g/mol. The Hall–Kier alpha value is -3.11. The normalized spacial score (nSPS) is 11.0. The molecule has 0 spiro atoms. The van der Waals surface area contributed by atoms with Crippen LogP contribution in [0.15, 0.2) is 64.2 Å². The zero-order valence-electron chi connectivity index (χ0n) is 16.2. The van der Waals surface area contributed by atoms with Gasteiger partial charge >= 0.3 is 0 Å². The van der Waals surface area contributed by atoms with Gasteiger partial charge in [0.15, 0.2) is 0 Å². The molecule has 0 aliphatic carbocycles. The smallest absolute Gasteiger partial charge is 0.274 e. The van der Waals surface area contributed by atoms with Crippen LogP contribution >= 0.6 is 11.3 Å². The van der Waals surface area contributed by atoms with Crippen molar-refractivity contribution in [3.05, 3.63) is 65.8 Å². The van der Waals surface area contributed by atoms with Crippen molar-refractivity contribution in [3.8, 4) is 11.5 Å². The molecule has 0 aliphatic rings. The molecule has 0 saturated heterocycles. The summed E-state index contributed by atoms with van der Waals surface area (Å²) in [7, 11) is -1.25. The molecule has 2 aromatic carbocycles. The molecule has 7 nitrogen and oxygen atoms in total. The van der Waals surface area contributed by atoms with E-state index in [0.717, 1.165) is 21.7 Å². The van der Waals surface area contributed by atoms with Gasteiger partial charge in [-0.05, 0) is 35.7 Å². The summed E-state index contributed by atoms with van der Waals surface area (Å²) in [6.07, 6.45) is 0. The van der Waals surface area contributed by atoms with E-state index in [2.05, 4.69) is 5.32 Å².